The normalized spacial score (nSPS) is 28.5. The summed E-state index contributed by atoms with van der Waals surface area (Å²) < 4.78 is 0. The molecule has 0 saturated heterocycles. The molecule has 1 rings (SSSR count). The maximum atomic E-state index is 10.7. The lowest BCUT2D eigenvalue weighted by atomic mass is 10.1. The first-order valence-corrected chi connectivity index (χ1v) is 2.91. The van der Waals surface area contributed by atoms with Crippen LogP contribution in [0.4, 0.5) is 0 Å². The van der Waals surface area contributed by atoms with Crippen LogP contribution in [0.3, 0.4) is 0 Å². The van der Waals surface area contributed by atoms with Gasteiger partial charge in [0.2, 0.25) is 0 Å². The fourth-order valence-electron chi connectivity index (χ4n) is 0.869. The predicted octanol–water partition coefficient (Wildman–Crippen LogP) is 1.54. The zero-order valence-corrected chi connectivity index (χ0v) is 5.27. The summed E-state index contributed by atoms with van der Waals surface area (Å²) >= 11 is 0. The summed E-state index contributed by atoms with van der Waals surface area (Å²) in [6.45, 7) is 3.97. The monoisotopic (exact) mass is 110 g/mol. The molecule has 0 fully saturated rings. The molecule has 0 spiro atoms. The Morgan fingerprint density at radius 3 is 2.50 bits per heavy atom. The van der Waals surface area contributed by atoms with Crippen molar-refractivity contribution in [2.75, 3.05) is 0 Å². The van der Waals surface area contributed by atoms with Crippen molar-refractivity contribution in [3.63, 3.8) is 0 Å². The van der Waals surface area contributed by atoms with Gasteiger partial charge < -0.3 is 0 Å². The first-order chi connectivity index (χ1) is 3.72. The molecule has 1 aliphatic carbocycles. The lowest BCUT2D eigenvalue weighted by Crippen LogP contribution is -2.02. The van der Waals surface area contributed by atoms with Crippen LogP contribution in [0.25, 0.3) is 0 Å². The quantitative estimate of drug-likeness (QED) is 0.432. The van der Waals surface area contributed by atoms with Gasteiger partial charge >= 0.3 is 0 Å². The minimum Gasteiger partial charge on any atom is -0.299 e. The molecule has 0 bridgehead atoms. The van der Waals surface area contributed by atoms with Gasteiger partial charge in [-0.05, 0) is 6.92 Å². The Labute approximate surface area is 49.4 Å². The standard InChI is InChI=1S/C7H10O/c1-5-3-4-7(8)6(5)2/h3,6H,4H2,1-2H3/t6-/m1/s1. The Bertz CT molecular complexity index is 144. The van der Waals surface area contributed by atoms with Crippen molar-refractivity contribution in [1.29, 1.82) is 0 Å². The van der Waals surface area contributed by atoms with E-state index in [9.17, 15) is 4.79 Å². The number of allylic oxidation sites excluding steroid dienone is 2. The molecule has 0 radical (unpaired) electrons. The summed E-state index contributed by atoms with van der Waals surface area (Å²) in [6.07, 6.45) is 2.67. The van der Waals surface area contributed by atoms with Crippen LogP contribution < -0.4 is 0 Å². The molecule has 1 nitrogen and oxygen atoms in total. The Morgan fingerprint density at radius 2 is 2.38 bits per heavy atom. The van der Waals surface area contributed by atoms with Crippen LogP contribution in [0.2, 0.25) is 0 Å². The molecule has 0 N–H and O–H groups in total. The van der Waals surface area contributed by atoms with E-state index < -0.39 is 0 Å². The van der Waals surface area contributed by atoms with Gasteiger partial charge in [-0.25, -0.2) is 0 Å². The molecule has 0 unspecified atom stereocenters. The van der Waals surface area contributed by atoms with Crippen LogP contribution in [-0.2, 0) is 4.79 Å². The lowest BCUT2D eigenvalue weighted by molar-refractivity contribution is -0.119. The number of Topliss-reactive ketones (excluding diaryl/α,β-unsaturated/α-hetero) is 1. The van der Waals surface area contributed by atoms with Crippen LogP contribution in [0, 0.1) is 5.92 Å². The molecule has 0 amide bonds. The number of rotatable bonds is 0. The Hall–Kier alpha value is -0.590. The molecule has 1 atom stereocenters. The Balaban J connectivity index is 2.72. The number of ketones is 1. The van der Waals surface area contributed by atoms with E-state index in [-0.39, 0.29) is 5.92 Å². The minimum atomic E-state index is 0.204. The van der Waals surface area contributed by atoms with E-state index in [1.165, 1.54) is 5.57 Å². The maximum Gasteiger partial charge on any atom is 0.143 e. The molecule has 0 aromatic carbocycles. The van der Waals surface area contributed by atoms with Gasteiger partial charge in [0.05, 0.1) is 0 Å². The van der Waals surface area contributed by atoms with Crippen LogP contribution in [-0.4, -0.2) is 5.78 Å². The highest BCUT2D eigenvalue weighted by atomic mass is 16.1. The second-order valence-electron chi connectivity index (χ2n) is 2.34. The van der Waals surface area contributed by atoms with Gasteiger partial charge in [0.1, 0.15) is 5.78 Å². The summed E-state index contributed by atoms with van der Waals surface area (Å²) in [7, 11) is 0. The van der Waals surface area contributed by atoms with E-state index in [1.807, 2.05) is 19.9 Å². The number of hydrogen-bond acceptors (Lipinski definition) is 1. The third-order valence-electron chi connectivity index (χ3n) is 1.79. The van der Waals surface area contributed by atoms with Gasteiger partial charge in [-0.2, -0.15) is 0 Å². The zero-order valence-electron chi connectivity index (χ0n) is 5.27. The number of carbonyl (C=O) groups excluding carboxylic acids is 1. The highest BCUT2D eigenvalue weighted by molar-refractivity contribution is 5.87. The number of hydrogen-bond donors (Lipinski definition) is 0. The van der Waals surface area contributed by atoms with E-state index in [0.29, 0.717) is 12.2 Å². The Kier molecular flexibility index (Phi) is 1.20. The molecule has 0 heterocycles. The van der Waals surface area contributed by atoms with Crippen molar-refractivity contribution in [2.24, 2.45) is 5.92 Å². The van der Waals surface area contributed by atoms with Crippen LogP contribution in [0.15, 0.2) is 11.6 Å². The summed E-state index contributed by atoms with van der Waals surface area (Å²) in [5.74, 6) is 0.567. The molecule has 0 saturated carbocycles. The molecule has 0 aromatic heterocycles. The average molecular weight is 110 g/mol. The topological polar surface area (TPSA) is 17.1 Å². The van der Waals surface area contributed by atoms with Gasteiger partial charge in [-0.3, -0.25) is 4.79 Å². The molecule has 1 aliphatic rings. The highest BCUT2D eigenvalue weighted by Gasteiger charge is 2.18. The van der Waals surface area contributed by atoms with Crippen LogP contribution in [0.5, 0.6) is 0 Å². The molecule has 8 heavy (non-hydrogen) atoms. The maximum absolute atomic E-state index is 10.7. The molecule has 0 aromatic rings. The van der Waals surface area contributed by atoms with Crippen LogP contribution >= 0.6 is 0 Å². The summed E-state index contributed by atoms with van der Waals surface area (Å²) in [5.41, 5.74) is 1.23. The van der Waals surface area contributed by atoms with E-state index in [0.717, 1.165) is 0 Å². The third-order valence-corrected chi connectivity index (χ3v) is 1.79. The fourth-order valence-corrected chi connectivity index (χ4v) is 0.869. The minimum absolute atomic E-state index is 0.204. The smallest absolute Gasteiger partial charge is 0.143 e. The van der Waals surface area contributed by atoms with Crippen molar-refractivity contribution in [2.45, 2.75) is 20.3 Å². The molecular formula is C7H10O. The molecule has 1 heteroatoms. The summed E-state index contributed by atoms with van der Waals surface area (Å²) in [6, 6.07) is 0. The van der Waals surface area contributed by atoms with E-state index >= 15 is 0 Å². The molecule has 0 aliphatic heterocycles. The van der Waals surface area contributed by atoms with Gasteiger partial charge in [-0.15, -0.1) is 0 Å². The fraction of sp³-hybridized carbons (Fsp3) is 0.571. The summed E-state index contributed by atoms with van der Waals surface area (Å²) in [4.78, 5) is 10.7. The second-order valence-corrected chi connectivity index (χ2v) is 2.34. The first kappa shape index (κ1) is 5.54. The van der Waals surface area contributed by atoms with Crippen molar-refractivity contribution < 1.29 is 4.79 Å². The van der Waals surface area contributed by atoms with E-state index in [1.54, 1.807) is 0 Å². The molecular weight excluding hydrogens is 100 g/mol. The Morgan fingerprint density at radius 1 is 1.75 bits per heavy atom. The SMILES string of the molecule is CC1=CCC(=O)[C@@H]1C. The molecule has 44 valence electrons. The van der Waals surface area contributed by atoms with Crippen LogP contribution in [0.1, 0.15) is 20.3 Å². The average Bonchev–Trinajstić information content (AvgIpc) is 1.98. The number of carbonyl (C=O) groups is 1. The second kappa shape index (κ2) is 1.73. The van der Waals surface area contributed by atoms with Crippen molar-refractivity contribution in [3.8, 4) is 0 Å². The van der Waals surface area contributed by atoms with E-state index in [2.05, 4.69) is 0 Å². The first-order valence-electron chi connectivity index (χ1n) is 2.91. The van der Waals surface area contributed by atoms with Crippen molar-refractivity contribution in [1.82, 2.24) is 0 Å². The van der Waals surface area contributed by atoms with Gasteiger partial charge in [0.25, 0.3) is 0 Å². The van der Waals surface area contributed by atoms with E-state index in [4.69, 9.17) is 0 Å². The van der Waals surface area contributed by atoms with Gasteiger partial charge in [0.15, 0.2) is 0 Å². The van der Waals surface area contributed by atoms with Gasteiger partial charge in [0, 0.05) is 12.3 Å². The van der Waals surface area contributed by atoms with Crippen molar-refractivity contribution in [3.05, 3.63) is 11.6 Å². The third kappa shape index (κ3) is 0.683. The van der Waals surface area contributed by atoms with Crippen molar-refractivity contribution >= 4 is 5.78 Å². The zero-order chi connectivity index (χ0) is 6.15. The van der Waals surface area contributed by atoms with Gasteiger partial charge in [-0.1, -0.05) is 18.6 Å². The highest BCUT2D eigenvalue weighted by Crippen LogP contribution is 2.20. The largest absolute Gasteiger partial charge is 0.299 e. The lowest BCUT2D eigenvalue weighted by Gasteiger charge is -1.98. The summed E-state index contributed by atoms with van der Waals surface area (Å²) in [5, 5.41) is 0. The predicted molar refractivity (Wildman–Crippen MR) is 32.5 cm³/mol.